The summed E-state index contributed by atoms with van der Waals surface area (Å²) in [5.41, 5.74) is 0. The van der Waals surface area contributed by atoms with Gasteiger partial charge in [-0.1, -0.05) is 32.6 Å². The Morgan fingerprint density at radius 2 is 1.44 bits per heavy atom. The normalized spacial score (nSPS) is 11.6. The molecule has 0 spiro atoms. The van der Waals surface area contributed by atoms with E-state index in [2.05, 4.69) is 38.3 Å². The van der Waals surface area contributed by atoms with Crippen LogP contribution in [0.2, 0.25) is 0 Å². The molecule has 0 heterocycles. The van der Waals surface area contributed by atoms with Crippen LogP contribution < -0.4 is 0 Å². The van der Waals surface area contributed by atoms with Crippen LogP contribution in [0.25, 0.3) is 0 Å². The quantitative estimate of drug-likeness (QED) is 0.418. The van der Waals surface area contributed by atoms with E-state index < -0.39 is 0 Å². The number of hydrogen-bond acceptors (Lipinski definition) is 2. The highest BCUT2D eigenvalue weighted by atomic mass is 32.1. The second kappa shape index (κ2) is 11.8. The first kappa shape index (κ1) is 16.3. The first-order valence-corrected chi connectivity index (χ1v) is 7.70. The molecule has 2 heteroatoms. The molecule has 0 saturated heterocycles. The molecule has 0 radical (unpaired) electrons. The van der Waals surface area contributed by atoms with Crippen LogP contribution in [0.3, 0.4) is 0 Å². The van der Waals surface area contributed by atoms with Crippen molar-refractivity contribution in [2.24, 2.45) is 0 Å². The molecule has 1 nitrogen and oxygen atoms in total. The van der Waals surface area contributed by atoms with Gasteiger partial charge in [-0.3, -0.25) is 0 Å². The third-order valence-corrected chi connectivity index (χ3v) is 3.45. The van der Waals surface area contributed by atoms with Gasteiger partial charge in [0.1, 0.15) is 0 Å². The van der Waals surface area contributed by atoms with E-state index in [9.17, 15) is 0 Å². The molecule has 16 heavy (non-hydrogen) atoms. The van der Waals surface area contributed by atoms with Crippen molar-refractivity contribution in [1.29, 1.82) is 0 Å². The van der Waals surface area contributed by atoms with Gasteiger partial charge >= 0.3 is 0 Å². The third kappa shape index (κ3) is 9.53. The predicted octanol–water partition coefficient (Wildman–Crippen LogP) is 4.38. The Labute approximate surface area is 108 Å². The average molecular weight is 245 g/mol. The predicted molar refractivity (Wildman–Crippen MR) is 78.6 cm³/mol. The molecule has 0 aromatic carbocycles. The maximum absolute atomic E-state index is 4.24. The molecule has 0 aromatic rings. The summed E-state index contributed by atoms with van der Waals surface area (Å²) in [4.78, 5) is 2.64. The first-order valence-electron chi connectivity index (χ1n) is 7.07. The van der Waals surface area contributed by atoms with Crippen molar-refractivity contribution in [3.63, 3.8) is 0 Å². The lowest BCUT2D eigenvalue weighted by atomic mass is 10.1. The van der Waals surface area contributed by atoms with Crippen LogP contribution >= 0.6 is 12.6 Å². The Kier molecular flexibility index (Phi) is 12.0. The van der Waals surface area contributed by atoms with E-state index in [-0.39, 0.29) is 0 Å². The largest absolute Gasteiger partial charge is 0.301 e. The minimum absolute atomic E-state index is 0.710. The molecule has 0 amide bonds. The second-order valence-electron chi connectivity index (χ2n) is 4.97. The van der Waals surface area contributed by atoms with Crippen molar-refractivity contribution < 1.29 is 0 Å². The van der Waals surface area contributed by atoms with Gasteiger partial charge in [0.25, 0.3) is 0 Å². The number of rotatable bonds is 11. The summed E-state index contributed by atoms with van der Waals surface area (Å²) in [6.45, 7) is 9.49. The second-order valence-corrected chi connectivity index (χ2v) is 5.42. The molecule has 0 saturated carbocycles. The van der Waals surface area contributed by atoms with Gasteiger partial charge in [-0.15, -0.1) is 0 Å². The van der Waals surface area contributed by atoms with Crippen LogP contribution in [0.1, 0.15) is 65.7 Å². The number of unbranched alkanes of at least 4 members (excludes halogenated alkanes) is 5. The van der Waals surface area contributed by atoms with E-state index in [1.165, 1.54) is 58.0 Å². The third-order valence-electron chi connectivity index (χ3n) is 3.13. The van der Waals surface area contributed by atoms with Gasteiger partial charge in [0, 0.05) is 6.04 Å². The molecular formula is C14H31NS. The molecule has 0 N–H and O–H groups in total. The molecule has 0 fully saturated rings. The van der Waals surface area contributed by atoms with Gasteiger partial charge in [0.15, 0.2) is 0 Å². The summed E-state index contributed by atoms with van der Waals surface area (Å²) in [5, 5.41) is 0. The van der Waals surface area contributed by atoms with Crippen LogP contribution in [0.5, 0.6) is 0 Å². The average Bonchev–Trinajstić information content (AvgIpc) is 2.26. The number of thiol groups is 1. The standard InChI is InChI=1S/C14H31NS/c1-4-5-8-11-15(14(2)3)12-9-6-7-10-13-16/h14,16H,4-13H2,1-3H3. The lowest BCUT2D eigenvalue weighted by Crippen LogP contribution is -2.32. The molecule has 0 bridgehead atoms. The zero-order valence-electron chi connectivity index (χ0n) is 11.5. The topological polar surface area (TPSA) is 3.24 Å². The van der Waals surface area contributed by atoms with Crippen molar-refractivity contribution in [3.8, 4) is 0 Å². The summed E-state index contributed by atoms with van der Waals surface area (Å²) in [7, 11) is 0. The van der Waals surface area contributed by atoms with E-state index in [4.69, 9.17) is 0 Å². The van der Waals surface area contributed by atoms with E-state index in [1.54, 1.807) is 0 Å². The first-order chi connectivity index (χ1) is 7.72. The maximum atomic E-state index is 4.24. The Bertz CT molecular complexity index is 137. The van der Waals surface area contributed by atoms with Gasteiger partial charge in [-0.25, -0.2) is 0 Å². The van der Waals surface area contributed by atoms with E-state index in [1.807, 2.05) is 0 Å². The molecule has 0 aliphatic rings. The highest BCUT2D eigenvalue weighted by Gasteiger charge is 2.07. The van der Waals surface area contributed by atoms with E-state index in [0.717, 1.165) is 5.75 Å². The summed E-state index contributed by atoms with van der Waals surface area (Å²) in [6.07, 6.45) is 9.43. The minimum Gasteiger partial charge on any atom is -0.301 e. The lowest BCUT2D eigenvalue weighted by Gasteiger charge is -2.26. The Morgan fingerprint density at radius 1 is 0.875 bits per heavy atom. The molecule has 0 aliphatic carbocycles. The van der Waals surface area contributed by atoms with Crippen molar-refractivity contribution in [2.75, 3.05) is 18.8 Å². The summed E-state index contributed by atoms with van der Waals surface area (Å²) < 4.78 is 0. The fourth-order valence-electron chi connectivity index (χ4n) is 1.97. The zero-order valence-corrected chi connectivity index (χ0v) is 12.4. The highest BCUT2D eigenvalue weighted by Crippen LogP contribution is 2.07. The summed E-state index contributed by atoms with van der Waals surface area (Å²) in [6, 6.07) is 0.710. The van der Waals surface area contributed by atoms with Gasteiger partial charge in [-0.05, 0) is 52.0 Å². The molecule has 0 rings (SSSR count). The Morgan fingerprint density at radius 3 is 1.94 bits per heavy atom. The number of hydrogen-bond donors (Lipinski definition) is 1. The fourth-order valence-corrected chi connectivity index (χ4v) is 2.20. The SMILES string of the molecule is CCCCCN(CCCCCCS)C(C)C. The van der Waals surface area contributed by atoms with Crippen LogP contribution in [0.15, 0.2) is 0 Å². The van der Waals surface area contributed by atoms with Crippen molar-refractivity contribution in [3.05, 3.63) is 0 Å². The minimum atomic E-state index is 0.710. The van der Waals surface area contributed by atoms with E-state index in [0.29, 0.717) is 6.04 Å². The van der Waals surface area contributed by atoms with Gasteiger partial charge in [0.2, 0.25) is 0 Å². The molecular weight excluding hydrogens is 214 g/mol. The van der Waals surface area contributed by atoms with Crippen LogP contribution in [0, 0.1) is 0 Å². The van der Waals surface area contributed by atoms with Crippen molar-refractivity contribution >= 4 is 12.6 Å². The molecule has 98 valence electrons. The Hall–Kier alpha value is 0.310. The molecule has 0 unspecified atom stereocenters. The lowest BCUT2D eigenvalue weighted by molar-refractivity contribution is 0.212. The monoisotopic (exact) mass is 245 g/mol. The van der Waals surface area contributed by atoms with Crippen molar-refractivity contribution in [1.82, 2.24) is 4.90 Å². The van der Waals surface area contributed by atoms with Crippen molar-refractivity contribution in [2.45, 2.75) is 71.8 Å². The van der Waals surface area contributed by atoms with Gasteiger partial charge in [0.05, 0.1) is 0 Å². The van der Waals surface area contributed by atoms with E-state index >= 15 is 0 Å². The zero-order chi connectivity index (χ0) is 12.2. The Balaban J connectivity index is 3.52. The summed E-state index contributed by atoms with van der Waals surface area (Å²) >= 11 is 4.24. The molecule has 0 atom stereocenters. The van der Waals surface area contributed by atoms with Crippen LogP contribution in [-0.2, 0) is 0 Å². The van der Waals surface area contributed by atoms with Gasteiger partial charge < -0.3 is 4.90 Å². The molecule has 0 aliphatic heterocycles. The number of nitrogens with zero attached hydrogens (tertiary/aromatic N) is 1. The van der Waals surface area contributed by atoms with Crippen LogP contribution in [-0.4, -0.2) is 29.8 Å². The highest BCUT2D eigenvalue weighted by molar-refractivity contribution is 7.80. The van der Waals surface area contributed by atoms with Crippen LogP contribution in [0.4, 0.5) is 0 Å². The summed E-state index contributed by atoms with van der Waals surface area (Å²) in [5.74, 6) is 1.05. The van der Waals surface area contributed by atoms with Gasteiger partial charge in [-0.2, -0.15) is 12.6 Å². The fraction of sp³-hybridized carbons (Fsp3) is 1.00. The smallest absolute Gasteiger partial charge is 0.00385 e. The maximum Gasteiger partial charge on any atom is 0.00385 e. The molecule has 0 aromatic heterocycles.